The van der Waals surface area contributed by atoms with E-state index in [1.165, 1.54) is 0 Å². The van der Waals surface area contributed by atoms with E-state index in [-0.39, 0.29) is 19.1 Å². The normalized spacial score (nSPS) is 13.6. The summed E-state index contributed by atoms with van der Waals surface area (Å²) in [5.74, 6) is 0.278. The summed E-state index contributed by atoms with van der Waals surface area (Å²) in [6, 6.07) is 0. The molecule has 96 valence electrons. The Balaban J connectivity index is 3.90. The number of carbonyl (C=O) groups excluding carboxylic acids is 1. The van der Waals surface area contributed by atoms with Crippen LogP contribution in [0.3, 0.4) is 0 Å². The minimum absolute atomic E-state index is 0.144. The van der Waals surface area contributed by atoms with Gasteiger partial charge in [-0.05, 0) is 32.2 Å². The third kappa shape index (κ3) is 6.05. The maximum atomic E-state index is 11.5. The minimum atomic E-state index is -0.922. The van der Waals surface area contributed by atoms with Crippen LogP contribution in [0, 0.1) is 5.92 Å². The van der Waals surface area contributed by atoms with Crippen molar-refractivity contribution in [1.82, 2.24) is 5.32 Å². The molecule has 5 N–H and O–H groups in total. The summed E-state index contributed by atoms with van der Waals surface area (Å²) >= 11 is 0. The highest BCUT2D eigenvalue weighted by Gasteiger charge is 2.24. The van der Waals surface area contributed by atoms with Gasteiger partial charge in [0.15, 0.2) is 0 Å². The fourth-order valence-corrected chi connectivity index (χ4v) is 1.33. The number of amides is 1. The van der Waals surface area contributed by atoms with Crippen LogP contribution < -0.4 is 11.1 Å². The number of nitrogens with one attached hydrogen (secondary N) is 1. The van der Waals surface area contributed by atoms with Crippen LogP contribution >= 0.6 is 0 Å². The van der Waals surface area contributed by atoms with E-state index >= 15 is 0 Å². The molecule has 0 rings (SSSR count). The summed E-state index contributed by atoms with van der Waals surface area (Å²) in [5, 5.41) is 20.6. The topological polar surface area (TPSA) is 95.6 Å². The summed E-state index contributed by atoms with van der Waals surface area (Å²) in [5.41, 5.74) is 4.49. The maximum absolute atomic E-state index is 11.5. The first-order valence-corrected chi connectivity index (χ1v) is 5.70. The van der Waals surface area contributed by atoms with E-state index in [4.69, 9.17) is 15.9 Å². The fraction of sp³-hybridized carbons (Fsp3) is 0.909. The zero-order chi connectivity index (χ0) is 12.6. The van der Waals surface area contributed by atoms with Crippen molar-refractivity contribution >= 4 is 5.91 Å². The molecule has 0 radical (unpaired) electrons. The van der Waals surface area contributed by atoms with Gasteiger partial charge in [0.2, 0.25) is 5.91 Å². The zero-order valence-corrected chi connectivity index (χ0v) is 10.2. The van der Waals surface area contributed by atoms with Gasteiger partial charge in [0, 0.05) is 6.42 Å². The van der Waals surface area contributed by atoms with Gasteiger partial charge in [0.05, 0.1) is 18.8 Å². The number of nitrogens with two attached hydrogens (primary N) is 1. The molecule has 0 aromatic heterocycles. The number of carbonyl (C=O) groups is 1. The average molecular weight is 232 g/mol. The van der Waals surface area contributed by atoms with Crippen molar-refractivity contribution in [3.63, 3.8) is 0 Å². The third-order valence-corrected chi connectivity index (χ3v) is 2.66. The van der Waals surface area contributed by atoms with Crippen molar-refractivity contribution in [2.24, 2.45) is 11.7 Å². The van der Waals surface area contributed by atoms with Crippen molar-refractivity contribution in [2.75, 3.05) is 19.8 Å². The molecule has 1 amide bonds. The fourth-order valence-electron chi connectivity index (χ4n) is 1.33. The highest BCUT2D eigenvalue weighted by atomic mass is 16.3. The van der Waals surface area contributed by atoms with Crippen LogP contribution in [0.4, 0.5) is 0 Å². The van der Waals surface area contributed by atoms with Gasteiger partial charge in [-0.3, -0.25) is 4.79 Å². The molecule has 0 fully saturated rings. The van der Waals surface area contributed by atoms with Crippen LogP contribution in [0.1, 0.15) is 33.1 Å². The lowest BCUT2D eigenvalue weighted by atomic mass is 10.0. The molecule has 0 aliphatic carbocycles. The van der Waals surface area contributed by atoms with Crippen molar-refractivity contribution in [1.29, 1.82) is 0 Å². The lowest BCUT2D eigenvalue weighted by molar-refractivity contribution is -0.124. The van der Waals surface area contributed by atoms with Gasteiger partial charge in [0.1, 0.15) is 0 Å². The lowest BCUT2D eigenvalue weighted by Crippen LogP contribution is -2.51. The number of aliphatic hydroxyl groups excluding tert-OH is 2. The van der Waals surface area contributed by atoms with E-state index < -0.39 is 5.54 Å². The van der Waals surface area contributed by atoms with Crippen LogP contribution in [0.5, 0.6) is 0 Å². The second-order valence-electron chi connectivity index (χ2n) is 4.65. The molecule has 0 aromatic carbocycles. The molecule has 5 nitrogen and oxygen atoms in total. The summed E-state index contributed by atoms with van der Waals surface area (Å²) in [7, 11) is 0. The second-order valence-corrected chi connectivity index (χ2v) is 4.65. The standard InChI is InChI=1S/C11H24N2O3/c1-9(5-6-12)3-4-10(16)13-11(2,7-14)8-15/h9,14-15H,3-8,12H2,1-2H3,(H,13,16). The van der Waals surface area contributed by atoms with Gasteiger partial charge in [-0.25, -0.2) is 0 Å². The van der Waals surface area contributed by atoms with Gasteiger partial charge in [-0.2, -0.15) is 0 Å². The molecule has 0 aliphatic heterocycles. The monoisotopic (exact) mass is 232 g/mol. The van der Waals surface area contributed by atoms with Gasteiger partial charge in [0.25, 0.3) is 0 Å². The molecule has 0 bridgehead atoms. The van der Waals surface area contributed by atoms with Gasteiger partial charge in [-0.15, -0.1) is 0 Å². The van der Waals surface area contributed by atoms with Gasteiger partial charge >= 0.3 is 0 Å². The maximum Gasteiger partial charge on any atom is 0.220 e. The smallest absolute Gasteiger partial charge is 0.220 e. The molecular weight excluding hydrogens is 208 g/mol. The molecule has 0 spiro atoms. The molecule has 0 aromatic rings. The SMILES string of the molecule is CC(CCN)CCC(=O)NC(C)(CO)CO. The Labute approximate surface area is 97.0 Å². The highest BCUT2D eigenvalue weighted by Crippen LogP contribution is 2.10. The number of aliphatic hydroxyl groups is 2. The molecule has 0 aliphatic rings. The largest absolute Gasteiger partial charge is 0.394 e. The zero-order valence-electron chi connectivity index (χ0n) is 10.2. The van der Waals surface area contributed by atoms with Crippen LogP contribution in [-0.2, 0) is 4.79 Å². The Morgan fingerprint density at radius 1 is 1.38 bits per heavy atom. The predicted molar refractivity (Wildman–Crippen MR) is 62.8 cm³/mol. The average Bonchev–Trinajstić information content (AvgIpc) is 2.26. The molecule has 0 heterocycles. The molecule has 5 heteroatoms. The number of hydrogen-bond acceptors (Lipinski definition) is 4. The van der Waals surface area contributed by atoms with Crippen LogP contribution in [-0.4, -0.2) is 41.4 Å². The van der Waals surface area contributed by atoms with E-state index in [9.17, 15) is 4.79 Å². The Kier molecular flexibility index (Phi) is 7.29. The van der Waals surface area contributed by atoms with Gasteiger partial charge < -0.3 is 21.3 Å². The Morgan fingerprint density at radius 2 is 1.94 bits per heavy atom. The summed E-state index contributed by atoms with van der Waals surface area (Å²) in [6.07, 6.45) is 2.08. The van der Waals surface area contributed by atoms with Crippen molar-refractivity contribution in [3.8, 4) is 0 Å². The Morgan fingerprint density at radius 3 is 2.38 bits per heavy atom. The quantitative estimate of drug-likeness (QED) is 0.458. The molecule has 1 atom stereocenters. The van der Waals surface area contributed by atoms with Crippen LogP contribution in [0.25, 0.3) is 0 Å². The minimum Gasteiger partial charge on any atom is -0.394 e. The third-order valence-electron chi connectivity index (χ3n) is 2.66. The summed E-state index contributed by atoms with van der Waals surface area (Å²) < 4.78 is 0. The van der Waals surface area contributed by atoms with Crippen molar-refractivity contribution in [3.05, 3.63) is 0 Å². The number of hydrogen-bond donors (Lipinski definition) is 4. The molecule has 0 saturated carbocycles. The molecule has 1 unspecified atom stereocenters. The molecular formula is C11H24N2O3. The Hall–Kier alpha value is -0.650. The van der Waals surface area contributed by atoms with Crippen LogP contribution in [0.2, 0.25) is 0 Å². The van der Waals surface area contributed by atoms with Crippen molar-refractivity contribution in [2.45, 2.75) is 38.6 Å². The second kappa shape index (κ2) is 7.60. The molecule has 0 saturated heterocycles. The van der Waals surface area contributed by atoms with E-state index in [1.807, 2.05) is 0 Å². The van der Waals surface area contributed by atoms with Crippen molar-refractivity contribution < 1.29 is 15.0 Å². The summed E-state index contributed by atoms with van der Waals surface area (Å²) in [6.45, 7) is 3.75. The first-order chi connectivity index (χ1) is 7.47. The van der Waals surface area contributed by atoms with Gasteiger partial charge in [-0.1, -0.05) is 6.92 Å². The lowest BCUT2D eigenvalue weighted by Gasteiger charge is -2.26. The summed E-state index contributed by atoms with van der Waals surface area (Å²) in [4.78, 5) is 11.5. The van der Waals surface area contributed by atoms with E-state index in [1.54, 1.807) is 6.92 Å². The predicted octanol–water partition coefficient (Wildman–Crippen LogP) is -0.389. The van der Waals surface area contributed by atoms with E-state index in [0.717, 1.165) is 12.8 Å². The Bertz CT molecular complexity index is 205. The van der Waals surface area contributed by atoms with E-state index in [0.29, 0.717) is 18.9 Å². The number of rotatable bonds is 8. The first-order valence-electron chi connectivity index (χ1n) is 5.70. The van der Waals surface area contributed by atoms with E-state index in [2.05, 4.69) is 12.2 Å². The molecule has 16 heavy (non-hydrogen) atoms. The first kappa shape index (κ1) is 15.3. The highest BCUT2D eigenvalue weighted by molar-refractivity contribution is 5.76. The van der Waals surface area contributed by atoms with Crippen LogP contribution in [0.15, 0.2) is 0 Å².